The van der Waals surface area contributed by atoms with Crippen molar-refractivity contribution in [2.24, 2.45) is 4.99 Å². The van der Waals surface area contributed by atoms with Gasteiger partial charge in [0.2, 0.25) is 0 Å². The average Bonchev–Trinajstić information content (AvgIpc) is 3.10. The minimum Gasteiger partial charge on any atom is -0.356 e. The number of thiophene rings is 1. The average molecular weight is 449 g/mol. The molecule has 0 saturated carbocycles. The standard InChI is InChI=1S/C16H27N5S.HI/c1-13(15-4-3-9-22-15)10-18-16(17-2)19-11-14-12-20-5-7-21(14)8-6-20;/h3-4,9,13-14H,5-8,10-12H2,1-2H3,(H2,17,18,19);1H. The highest BCUT2D eigenvalue weighted by atomic mass is 127. The molecule has 7 heteroatoms. The van der Waals surface area contributed by atoms with E-state index in [1.54, 1.807) is 0 Å². The minimum atomic E-state index is 0. The fourth-order valence-electron chi connectivity index (χ4n) is 3.28. The Morgan fingerprint density at radius 3 is 2.70 bits per heavy atom. The number of aliphatic imine (C=N–C) groups is 1. The summed E-state index contributed by atoms with van der Waals surface area (Å²) in [4.78, 5) is 11.0. The van der Waals surface area contributed by atoms with Gasteiger partial charge >= 0.3 is 0 Å². The lowest BCUT2D eigenvalue weighted by Crippen LogP contribution is -2.63. The van der Waals surface area contributed by atoms with Crippen LogP contribution < -0.4 is 10.6 Å². The summed E-state index contributed by atoms with van der Waals surface area (Å²) in [7, 11) is 1.85. The third-order valence-corrected chi connectivity index (χ3v) is 5.83. The number of nitrogens with one attached hydrogen (secondary N) is 2. The molecule has 1 aromatic rings. The van der Waals surface area contributed by atoms with Crippen molar-refractivity contribution in [3.63, 3.8) is 0 Å². The number of fused-ring (bicyclic) bond motifs is 3. The summed E-state index contributed by atoms with van der Waals surface area (Å²) < 4.78 is 0. The van der Waals surface area contributed by atoms with E-state index >= 15 is 0 Å². The molecule has 3 fully saturated rings. The Hall–Kier alpha value is -0.380. The fraction of sp³-hybridized carbons (Fsp3) is 0.688. The van der Waals surface area contributed by atoms with Gasteiger partial charge in [-0.1, -0.05) is 13.0 Å². The topological polar surface area (TPSA) is 42.9 Å². The first-order chi connectivity index (χ1) is 10.8. The highest BCUT2D eigenvalue weighted by Gasteiger charge is 2.31. The van der Waals surface area contributed by atoms with E-state index in [0.717, 1.165) is 19.0 Å². The van der Waals surface area contributed by atoms with Crippen LogP contribution in [0.2, 0.25) is 0 Å². The smallest absolute Gasteiger partial charge is 0.191 e. The molecule has 0 amide bonds. The van der Waals surface area contributed by atoms with Crippen LogP contribution in [-0.4, -0.2) is 74.7 Å². The lowest BCUT2D eigenvalue weighted by Gasteiger charge is -2.47. The second-order valence-corrected chi connectivity index (χ2v) is 7.22. The molecule has 2 N–H and O–H groups in total. The van der Waals surface area contributed by atoms with Crippen LogP contribution >= 0.6 is 35.3 Å². The Kier molecular flexibility index (Phi) is 7.58. The molecule has 3 aliphatic heterocycles. The molecule has 5 nitrogen and oxygen atoms in total. The lowest BCUT2D eigenvalue weighted by atomic mass is 10.1. The number of nitrogens with zero attached hydrogens (tertiary/aromatic N) is 3. The van der Waals surface area contributed by atoms with Gasteiger partial charge in [0.05, 0.1) is 0 Å². The van der Waals surface area contributed by atoms with Crippen molar-refractivity contribution in [1.29, 1.82) is 0 Å². The van der Waals surface area contributed by atoms with Crippen LogP contribution in [0.5, 0.6) is 0 Å². The van der Waals surface area contributed by atoms with Gasteiger partial charge in [0.1, 0.15) is 0 Å². The molecule has 4 rings (SSSR count). The molecule has 2 atom stereocenters. The predicted octanol–water partition coefficient (Wildman–Crippen LogP) is 1.63. The summed E-state index contributed by atoms with van der Waals surface area (Å²) in [6.07, 6.45) is 0. The van der Waals surface area contributed by atoms with Gasteiger partial charge in [0, 0.05) is 69.7 Å². The third kappa shape index (κ3) is 5.04. The van der Waals surface area contributed by atoms with E-state index in [1.807, 2.05) is 18.4 Å². The van der Waals surface area contributed by atoms with Crippen molar-refractivity contribution >= 4 is 41.3 Å². The van der Waals surface area contributed by atoms with Crippen LogP contribution in [-0.2, 0) is 0 Å². The molecule has 2 unspecified atom stereocenters. The van der Waals surface area contributed by atoms with Crippen LogP contribution in [0, 0.1) is 0 Å². The molecule has 4 heterocycles. The summed E-state index contributed by atoms with van der Waals surface area (Å²) in [5, 5.41) is 9.09. The summed E-state index contributed by atoms with van der Waals surface area (Å²) in [5.74, 6) is 1.43. The van der Waals surface area contributed by atoms with Crippen LogP contribution in [0.1, 0.15) is 17.7 Å². The van der Waals surface area contributed by atoms with E-state index in [4.69, 9.17) is 0 Å². The Balaban J connectivity index is 0.00000192. The van der Waals surface area contributed by atoms with Gasteiger partial charge in [-0.05, 0) is 11.4 Å². The van der Waals surface area contributed by atoms with Crippen molar-refractivity contribution in [2.45, 2.75) is 18.9 Å². The first kappa shape index (κ1) is 19.0. The second-order valence-electron chi connectivity index (χ2n) is 6.24. The number of hydrogen-bond acceptors (Lipinski definition) is 4. The SMILES string of the molecule is CN=C(NCC(C)c1cccs1)NCC1CN2CCN1CC2.I. The van der Waals surface area contributed by atoms with Crippen LogP contribution in [0.3, 0.4) is 0 Å². The van der Waals surface area contributed by atoms with Gasteiger partial charge in [-0.2, -0.15) is 0 Å². The zero-order valence-electron chi connectivity index (χ0n) is 14.0. The zero-order chi connectivity index (χ0) is 15.4. The molecule has 1 aromatic heterocycles. The van der Waals surface area contributed by atoms with Crippen LogP contribution in [0.4, 0.5) is 0 Å². The van der Waals surface area contributed by atoms with Crippen molar-refractivity contribution in [3.05, 3.63) is 22.4 Å². The van der Waals surface area contributed by atoms with Crippen molar-refractivity contribution in [2.75, 3.05) is 52.9 Å². The second kappa shape index (κ2) is 9.19. The Morgan fingerprint density at radius 1 is 1.35 bits per heavy atom. The molecule has 2 bridgehead atoms. The first-order valence-corrected chi connectivity index (χ1v) is 9.08. The van der Waals surface area contributed by atoms with Gasteiger partial charge in [-0.15, -0.1) is 35.3 Å². The number of halogens is 1. The number of rotatable bonds is 5. The van der Waals surface area contributed by atoms with Gasteiger partial charge in [-0.25, -0.2) is 0 Å². The van der Waals surface area contributed by atoms with E-state index < -0.39 is 0 Å². The van der Waals surface area contributed by atoms with Crippen molar-refractivity contribution in [1.82, 2.24) is 20.4 Å². The van der Waals surface area contributed by atoms with E-state index in [-0.39, 0.29) is 24.0 Å². The quantitative estimate of drug-likeness (QED) is 0.408. The van der Waals surface area contributed by atoms with E-state index in [0.29, 0.717) is 12.0 Å². The molecule has 23 heavy (non-hydrogen) atoms. The maximum absolute atomic E-state index is 4.35. The molecule has 0 aromatic carbocycles. The van der Waals surface area contributed by atoms with Crippen molar-refractivity contribution < 1.29 is 0 Å². The lowest BCUT2D eigenvalue weighted by molar-refractivity contribution is 0.0154. The van der Waals surface area contributed by atoms with Crippen LogP contribution in [0.15, 0.2) is 22.5 Å². The number of guanidine groups is 1. The van der Waals surface area contributed by atoms with E-state index in [1.165, 1.54) is 37.6 Å². The number of hydrogen-bond donors (Lipinski definition) is 2. The number of piperazine rings is 3. The maximum atomic E-state index is 4.35. The normalized spacial score (nSPS) is 28.1. The molecule has 0 aliphatic carbocycles. The maximum Gasteiger partial charge on any atom is 0.191 e. The first-order valence-electron chi connectivity index (χ1n) is 8.20. The largest absolute Gasteiger partial charge is 0.356 e. The zero-order valence-corrected chi connectivity index (χ0v) is 17.1. The van der Waals surface area contributed by atoms with Crippen LogP contribution in [0.25, 0.3) is 0 Å². The Bertz CT molecular complexity index is 485. The van der Waals surface area contributed by atoms with Gasteiger partial charge in [-0.3, -0.25) is 14.8 Å². The molecule has 0 radical (unpaired) electrons. The Labute approximate surface area is 160 Å². The van der Waals surface area contributed by atoms with E-state index in [9.17, 15) is 0 Å². The van der Waals surface area contributed by atoms with E-state index in [2.05, 4.69) is 49.9 Å². The highest BCUT2D eigenvalue weighted by molar-refractivity contribution is 14.0. The molecule has 3 saturated heterocycles. The Morgan fingerprint density at radius 2 is 2.13 bits per heavy atom. The molecule has 130 valence electrons. The monoisotopic (exact) mass is 449 g/mol. The van der Waals surface area contributed by atoms with Crippen molar-refractivity contribution in [3.8, 4) is 0 Å². The molecular weight excluding hydrogens is 421 g/mol. The summed E-state index contributed by atoms with van der Waals surface area (Å²) in [6, 6.07) is 4.94. The minimum absolute atomic E-state index is 0. The summed E-state index contributed by atoms with van der Waals surface area (Å²) >= 11 is 1.82. The summed E-state index contributed by atoms with van der Waals surface area (Å²) in [6.45, 7) is 10.2. The molecular formula is C16H28IN5S. The van der Waals surface area contributed by atoms with Gasteiger partial charge < -0.3 is 10.6 Å². The molecule has 3 aliphatic rings. The predicted molar refractivity (Wildman–Crippen MR) is 109 cm³/mol. The highest BCUT2D eigenvalue weighted by Crippen LogP contribution is 2.19. The fourth-order valence-corrected chi connectivity index (χ4v) is 4.06. The summed E-state index contributed by atoms with van der Waals surface area (Å²) in [5.41, 5.74) is 0. The third-order valence-electron chi connectivity index (χ3n) is 4.73. The van der Waals surface area contributed by atoms with Gasteiger partial charge in [0.25, 0.3) is 0 Å². The molecule has 0 spiro atoms. The van der Waals surface area contributed by atoms with Gasteiger partial charge in [0.15, 0.2) is 5.96 Å².